The van der Waals surface area contributed by atoms with Crippen LogP contribution in [0.1, 0.15) is 39.5 Å². The molecule has 0 bridgehead atoms. The van der Waals surface area contributed by atoms with Crippen LogP contribution in [0.5, 0.6) is 0 Å². The smallest absolute Gasteiger partial charge is 0.225 e. The van der Waals surface area contributed by atoms with E-state index in [2.05, 4.69) is 10.2 Å². The molecule has 2 aliphatic rings. The number of likely N-dealkylation sites (tertiary alicyclic amines) is 1. The van der Waals surface area contributed by atoms with Crippen molar-refractivity contribution in [2.24, 2.45) is 5.92 Å². The third kappa shape index (κ3) is 2.17. The zero-order valence-electron chi connectivity index (χ0n) is 9.83. The molecule has 2 fully saturated rings. The van der Waals surface area contributed by atoms with Crippen molar-refractivity contribution in [1.82, 2.24) is 10.2 Å². The van der Waals surface area contributed by atoms with E-state index in [9.17, 15) is 4.79 Å². The normalized spacial score (nSPS) is 31.5. The minimum atomic E-state index is 0.145. The Hall–Kier alpha value is -0.570. The Bertz CT molecular complexity index is 234. The summed E-state index contributed by atoms with van der Waals surface area (Å²) in [5.74, 6) is 0.484. The Morgan fingerprint density at radius 2 is 2.13 bits per heavy atom. The van der Waals surface area contributed by atoms with Gasteiger partial charge in [0.05, 0.1) is 0 Å². The highest BCUT2D eigenvalue weighted by atomic mass is 16.2. The van der Waals surface area contributed by atoms with Crippen molar-refractivity contribution in [3.8, 4) is 0 Å². The molecule has 15 heavy (non-hydrogen) atoms. The highest BCUT2D eigenvalue weighted by Gasteiger charge is 2.36. The first-order chi connectivity index (χ1) is 7.20. The number of amides is 1. The van der Waals surface area contributed by atoms with Crippen LogP contribution in [-0.4, -0.2) is 36.0 Å². The van der Waals surface area contributed by atoms with E-state index in [-0.39, 0.29) is 5.92 Å². The molecule has 2 saturated heterocycles. The summed E-state index contributed by atoms with van der Waals surface area (Å²) < 4.78 is 0. The van der Waals surface area contributed by atoms with Crippen LogP contribution in [0.3, 0.4) is 0 Å². The van der Waals surface area contributed by atoms with Gasteiger partial charge in [-0.2, -0.15) is 0 Å². The van der Waals surface area contributed by atoms with Gasteiger partial charge in [-0.1, -0.05) is 13.8 Å². The van der Waals surface area contributed by atoms with Gasteiger partial charge < -0.3 is 10.2 Å². The Kier molecular flexibility index (Phi) is 3.29. The number of carbonyl (C=O) groups excluding carboxylic acids is 1. The molecule has 0 spiro atoms. The molecule has 0 aromatic rings. The van der Waals surface area contributed by atoms with Gasteiger partial charge >= 0.3 is 0 Å². The van der Waals surface area contributed by atoms with Crippen molar-refractivity contribution in [2.45, 2.75) is 51.6 Å². The van der Waals surface area contributed by atoms with Crippen molar-refractivity contribution >= 4 is 5.91 Å². The van der Waals surface area contributed by atoms with Gasteiger partial charge in [0.1, 0.15) is 0 Å². The zero-order chi connectivity index (χ0) is 10.8. The van der Waals surface area contributed by atoms with E-state index in [0.29, 0.717) is 18.0 Å². The average Bonchev–Trinajstić information content (AvgIpc) is 2.86. The summed E-state index contributed by atoms with van der Waals surface area (Å²) in [5.41, 5.74) is 0. The summed E-state index contributed by atoms with van der Waals surface area (Å²) in [7, 11) is 0. The topological polar surface area (TPSA) is 32.3 Å². The highest BCUT2D eigenvalue weighted by molar-refractivity contribution is 5.78. The first-order valence-corrected chi connectivity index (χ1v) is 6.24. The van der Waals surface area contributed by atoms with Gasteiger partial charge in [0.15, 0.2) is 0 Å². The quantitative estimate of drug-likeness (QED) is 0.747. The van der Waals surface area contributed by atoms with E-state index in [1.807, 2.05) is 13.8 Å². The van der Waals surface area contributed by atoms with Gasteiger partial charge in [-0.25, -0.2) is 0 Å². The van der Waals surface area contributed by atoms with Crippen molar-refractivity contribution in [3.05, 3.63) is 0 Å². The van der Waals surface area contributed by atoms with Gasteiger partial charge in [-0.3, -0.25) is 4.79 Å². The van der Waals surface area contributed by atoms with Gasteiger partial charge in [0.25, 0.3) is 0 Å². The van der Waals surface area contributed by atoms with Gasteiger partial charge in [0.2, 0.25) is 5.91 Å². The molecule has 0 aliphatic carbocycles. The average molecular weight is 210 g/mol. The molecule has 2 unspecified atom stereocenters. The van der Waals surface area contributed by atoms with Crippen LogP contribution in [0, 0.1) is 5.92 Å². The Balaban J connectivity index is 2.01. The summed E-state index contributed by atoms with van der Waals surface area (Å²) in [4.78, 5) is 14.1. The molecule has 2 aliphatic heterocycles. The third-order valence-corrected chi connectivity index (χ3v) is 3.64. The predicted octanol–water partition coefficient (Wildman–Crippen LogP) is 1.39. The lowest BCUT2D eigenvalue weighted by atomic mass is 10.0. The SMILES string of the molecule is CC(C)C(=O)N1CCCC1C1CCCN1. The fourth-order valence-electron chi connectivity index (χ4n) is 2.86. The zero-order valence-corrected chi connectivity index (χ0v) is 9.83. The van der Waals surface area contributed by atoms with Gasteiger partial charge in [-0.05, 0) is 32.2 Å². The largest absolute Gasteiger partial charge is 0.338 e. The van der Waals surface area contributed by atoms with Crippen molar-refractivity contribution < 1.29 is 4.79 Å². The molecule has 1 amide bonds. The second kappa shape index (κ2) is 4.52. The number of carbonyl (C=O) groups is 1. The summed E-state index contributed by atoms with van der Waals surface area (Å²) >= 11 is 0. The molecule has 0 saturated carbocycles. The lowest BCUT2D eigenvalue weighted by Gasteiger charge is -2.30. The first kappa shape index (κ1) is 10.9. The van der Waals surface area contributed by atoms with Crippen LogP contribution in [0.15, 0.2) is 0 Å². The van der Waals surface area contributed by atoms with E-state index in [1.165, 1.54) is 25.7 Å². The third-order valence-electron chi connectivity index (χ3n) is 3.64. The molecular weight excluding hydrogens is 188 g/mol. The van der Waals surface area contributed by atoms with Crippen LogP contribution >= 0.6 is 0 Å². The van der Waals surface area contributed by atoms with Gasteiger partial charge in [0, 0.05) is 24.5 Å². The summed E-state index contributed by atoms with van der Waals surface area (Å²) in [6.07, 6.45) is 4.88. The second-order valence-electron chi connectivity index (χ2n) is 5.10. The Morgan fingerprint density at radius 3 is 2.73 bits per heavy atom. The molecule has 3 heteroatoms. The molecule has 0 radical (unpaired) electrons. The molecule has 0 aromatic heterocycles. The lowest BCUT2D eigenvalue weighted by Crippen LogP contribution is -2.47. The van der Waals surface area contributed by atoms with Crippen LogP contribution in [0.25, 0.3) is 0 Å². The second-order valence-corrected chi connectivity index (χ2v) is 5.10. The van der Waals surface area contributed by atoms with Crippen molar-refractivity contribution in [3.63, 3.8) is 0 Å². The number of rotatable bonds is 2. The molecule has 2 heterocycles. The lowest BCUT2D eigenvalue weighted by molar-refractivity contribution is -0.135. The summed E-state index contributed by atoms with van der Waals surface area (Å²) in [5, 5.41) is 3.53. The minimum Gasteiger partial charge on any atom is -0.338 e. The maximum atomic E-state index is 12.0. The van der Waals surface area contributed by atoms with E-state index < -0.39 is 0 Å². The number of nitrogens with one attached hydrogen (secondary N) is 1. The highest BCUT2D eigenvalue weighted by Crippen LogP contribution is 2.26. The van der Waals surface area contributed by atoms with Crippen molar-refractivity contribution in [1.29, 1.82) is 0 Å². The van der Waals surface area contributed by atoms with E-state index in [1.54, 1.807) is 0 Å². The minimum absolute atomic E-state index is 0.145. The first-order valence-electron chi connectivity index (χ1n) is 6.24. The van der Waals surface area contributed by atoms with Crippen LogP contribution < -0.4 is 5.32 Å². The fourth-order valence-corrected chi connectivity index (χ4v) is 2.86. The molecule has 86 valence electrons. The molecule has 3 nitrogen and oxygen atoms in total. The van der Waals surface area contributed by atoms with Crippen LogP contribution in [0.2, 0.25) is 0 Å². The van der Waals surface area contributed by atoms with Crippen LogP contribution in [0.4, 0.5) is 0 Å². The number of nitrogens with zero attached hydrogens (tertiary/aromatic N) is 1. The summed E-state index contributed by atoms with van der Waals surface area (Å²) in [6.45, 7) is 6.10. The maximum absolute atomic E-state index is 12.0. The Labute approximate surface area is 92.2 Å². The maximum Gasteiger partial charge on any atom is 0.225 e. The molecule has 1 N–H and O–H groups in total. The molecular formula is C12H22N2O. The van der Waals surface area contributed by atoms with Crippen molar-refractivity contribution in [2.75, 3.05) is 13.1 Å². The Morgan fingerprint density at radius 1 is 1.33 bits per heavy atom. The molecule has 2 atom stereocenters. The monoisotopic (exact) mass is 210 g/mol. The number of hydrogen-bond acceptors (Lipinski definition) is 2. The standard InChI is InChI=1S/C12H22N2O/c1-9(2)12(15)14-8-4-6-11(14)10-5-3-7-13-10/h9-11,13H,3-8H2,1-2H3. The fraction of sp³-hybridized carbons (Fsp3) is 0.917. The molecule has 0 aromatic carbocycles. The van der Waals surface area contributed by atoms with Gasteiger partial charge in [-0.15, -0.1) is 0 Å². The number of hydrogen-bond donors (Lipinski definition) is 1. The predicted molar refractivity (Wildman–Crippen MR) is 60.6 cm³/mol. The molecule has 2 rings (SSSR count). The van der Waals surface area contributed by atoms with E-state index in [4.69, 9.17) is 0 Å². The van der Waals surface area contributed by atoms with E-state index >= 15 is 0 Å². The van der Waals surface area contributed by atoms with Crippen LogP contribution in [-0.2, 0) is 4.79 Å². The van der Waals surface area contributed by atoms with E-state index in [0.717, 1.165) is 13.1 Å². The summed E-state index contributed by atoms with van der Waals surface area (Å²) in [6, 6.07) is 1.04.